The lowest BCUT2D eigenvalue weighted by atomic mass is 9.90. The summed E-state index contributed by atoms with van der Waals surface area (Å²) in [6.45, 7) is -2.04. The predicted octanol–water partition coefficient (Wildman–Crippen LogP) is 3.95. The molecule has 1 aliphatic heterocycles. The molecule has 1 saturated heterocycles. The molecule has 2 aromatic carbocycles. The Morgan fingerprint density at radius 3 is 2.63 bits per heavy atom. The Bertz CT molecular complexity index is 795. The van der Waals surface area contributed by atoms with Crippen LogP contribution < -0.4 is 4.74 Å². The van der Waals surface area contributed by atoms with Crippen molar-refractivity contribution in [2.45, 2.75) is 25.9 Å². The number of carbonyl (C=O) groups is 2. The highest BCUT2D eigenvalue weighted by molar-refractivity contribution is 5.95. The molecular weight excluding hydrogens is 352 g/mol. The third-order valence-electron chi connectivity index (χ3n) is 4.69. The van der Waals surface area contributed by atoms with E-state index in [1.54, 1.807) is 11.0 Å². The van der Waals surface area contributed by atoms with E-state index in [0.29, 0.717) is 19.5 Å². The van der Waals surface area contributed by atoms with E-state index in [-0.39, 0.29) is 28.9 Å². The number of piperidine rings is 1. The van der Waals surface area contributed by atoms with Crippen LogP contribution in [0.15, 0.2) is 54.6 Å². The molecule has 1 atom stereocenters. The number of nitrogens with zero attached hydrogens (tertiary/aromatic N) is 1. The summed E-state index contributed by atoms with van der Waals surface area (Å²) in [5, 5.41) is 0. The van der Waals surface area contributed by atoms with Crippen LogP contribution in [0.1, 0.15) is 28.8 Å². The van der Waals surface area contributed by atoms with Crippen LogP contribution in [0.5, 0.6) is 5.75 Å². The van der Waals surface area contributed by atoms with E-state index in [1.165, 1.54) is 18.2 Å². The summed E-state index contributed by atoms with van der Waals surface area (Å²) in [5.41, 5.74) is 1.24. The molecule has 0 bridgehead atoms. The van der Waals surface area contributed by atoms with Crippen molar-refractivity contribution in [3.05, 3.63) is 65.7 Å². The van der Waals surface area contributed by atoms with Crippen LogP contribution >= 0.6 is 0 Å². The molecular formula is C21H21F2NO3. The third kappa shape index (κ3) is 5.12. The van der Waals surface area contributed by atoms with E-state index in [1.807, 2.05) is 30.3 Å². The summed E-state index contributed by atoms with van der Waals surface area (Å²) in [6.07, 6.45) is 1.85. The van der Waals surface area contributed by atoms with Gasteiger partial charge in [0.2, 0.25) is 0 Å². The summed E-state index contributed by atoms with van der Waals surface area (Å²) in [7, 11) is 0. The SMILES string of the molecule is O=C(Cc1ccccc1)C1CCCN(C(=O)c2cccc(OC(F)F)c2)C1. The van der Waals surface area contributed by atoms with Crippen LogP contribution in [0.4, 0.5) is 8.78 Å². The Morgan fingerprint density at radius 2 is 1.89 bits per heavy atom. The van der Waals surface area contributed by atoms with Crippen LogP contribution in [0.3, 0.4) is 0 Å². The molecule has 0 spiro atoms. The second kappa shape index (κ2) is 8.75. The van der Waals surface area contributed by atoms with Crippen LogP contribution in [-0.4, -0.2) is 36.3 Å². The number of amides is 1. The van der Waals surface area contributed by atoms with E-state index in [9.17, 15) is 18.4 Å². The average molecular weight is 373 g/mol. The molecule has 0 radical (unpaired) electrons. The number of ketones is 1. The summed E-state index contributed by atoms with van der Waals surface area (Å²) in [4.78, 5) is 27.0. The van der Waals surface area contributed by atoms with E-state index in [0.717, 1.165) is 18.4 Å². The first-order chi connectivity index (χ1) is 13.0. The van der Waals surface area contributed by atoms with Crippen LogP contribution in [0, 0.1) is 5.92 Å². The number of benzene rings is 2. The van der Waals surface area contributed by atoms with Gasteiger partial charge in [0.15, 0.2) is 0 Å². The number of carbonyl (C=O) groups excluding carboxylic acids is 2. The number of Topliss-reactive ketones (excluding diaryl/α,β-unsaturated/α-hetero) is 1. The first kappa shape index (κ1) is 19.0. The normalized spacial score (nSPS) is 17.0. The fourth-order valence-corrected chi connectivity index (χ4v) is 3.35. The number of rotatable bonds is 6. The molecule has 1 amide bonds. The number of likely N-dealkylation sites (tertiary alicyclic amines) is 1. The molecule has 1 unspecified atom stereocenters. The zero-order chi connectivity index (χ0) is 19.2. The highest BCUT2D eigenvalue weighted by Crippen LogP contribution is 2.23. The van der Waals surface area contributed by atoms with E-state index in [4.69, 9.17) is 0 Å². The second-order valence-corrected chi connectivity index (χ2v) is 6.63. The Hall–Kier alpha value is -2.76. The van der Waals surface area contributed by atoms with Crippen LogP contribution in [0.25, 0.3) is 0 Å². The zero-order valence-electron chi connectivity index (χ0n) is 14.8. The second-order valence-electron chi connectivity index (χ2n) is 6.63. The van der Waals surface area contributed by atoms with Gasteiger partial charge in [-0.25, -0.2) is 0 Å². The first-order valence-electron chi connectivity index (χ1n) is 8.93. The topological polar surface area (TPSA) is 46.6 Å². The van der Waals surface area contributed by atoms with Crippen molar-refractivity contribution in [2.75, 3.05) is 13.1 Å². The van der Waals surface area contributed by atoms with Gasteiger partial charge in [0.25, 0.3) is 5.91 Å². The van der Waals surface area contributed by atoms with E-state index in [2.05, 4.69) is 4.74 Å². The van der Waals surface area contributed by atoms with Crippen LogP contribution in [-0.2, 0) is 11.2 Å². The first-order valence-corrected chi connectivity index (χ1v) is 8.93. The minimum absolute atomic E-state index is 0.0513. The molecule has 4 nitrogen and oxygen atoms in total. The maximum atomic E-state index is 12.7. The third-order valence-corrected chi connectivity index (χ3v) is 4.69. The van der Waals surface area contributed by atoms with E-state index >= 15 is 0 Å². The van der Waals surface area contributed by atoms with Crippen molar-refractivity contribution < 1.29 is 23.1 Å². The predicted molar refractivity (Wildman–Crippen MR) is 96.9 cm³/mol. The molecule has 0 saturated carbocycles. The fraction of sp³-hybridized carbons (Fsp3) is 0.333. The van der Waals surface area contributed by atoms with Gasteiger partial charge in [-0.2, -0.15) is 8.78 Å². The molecule has 27 heavy (non-hydrogen) atoms. The van der Waals surface area contributed by atoms with Crippen molar-refractivity contribution in [1.29, 1.82) is 0 Å². The fourth-order valence-electron chi connectivity index (χ4n) is 3.35. The van der Waals surface area contributed by atoms with Gasteiger partial charge in [-0.15, -0.1) is 0 Å². The molecule has 1 fully saturated rings. The average Bonchev–Trinajstić information content (AvgIpc) is 2.68. The Kier molecular flexibility index (Phi) is 6.16. The van der Waals surface area contributed by atoms with Gasteiger partial charge in [0.05, 0.1) is 0 Å². The Morgan fingerprint density at radius 1 is 1.11 bits per heavy atom. The van der Waals surface area contributed by atoms with Crippen molar-refractivity contribution in [3.63, 3.8) is 0 Å². The number of hydrogen-bond donors (Lipinski definition) is 0. The molecule has 1 aliphatic rings. The van der Waals surface area contributed by atoms with Crippen molar-refractivity contribution in [3.8, 4) is 5.75 Å². The number of halogens is 2. The van der Waals surface area contributed by atoms with E-state index < -0.39 is 6.61 Å². The maximum absolute atomic E-state index is 12.7. The molecule has 0 N–H and O–H groups in total. The molecule has 3 rings (SSSR count). The molecule has 2 aromatic rings. The Balaban J connectivity index is 1.65. The number of ether oxygens (including phenoxy) is 1. The lowest BCUT2D eigenvalue weighted by Crippen LogP contribution is -2.42. The van der Waals surface area contributed by atoms with Gasteiger partial charge in [0.1, 0.15) is 11.5 Å². The highest BCUT2D eigenvalue weighted by atomic mass is 19.3. The van der Waals surface area contributed by atoms with Gasteiger partial charge < -0.3 is 9.64 Å². The van der Waals surface area contributed by atoms with Gasteiger partial charge >= 0.3 is 6.61 Å². The minimum atomic E-state index is -2.94. The maximum Gasteiger partial charge on any atom is 0.387 e. The summed E-state index contributed by atoms with van der Waals surface area (Å²) < 4.78 is 29.1. The van der Waals surface area contributed by atoms with Gasteiger partial charge in [-0.05, 0) is 36.6 Å². The smallest absolute Gasteiger partial charge is 0.387 e. The standard InChI is InChI=1S/C21H21F2NO3/c22-21(23)27-18-10-4-8-16(13-18)20(26)24-11-5-9-17(14-24)19(25)12-15-6-2-1-3-7-15/h1-4,6-8,10,13,17,21H,5,9,11-12,14H2. The lowest BCUT2D eigenvalue weighted by molar-refractivity contribution is -0.123. The van der Waals surface area contributed by atoms with Crippen LogP contribution in [0.2, 0.25) is 0 Å². The number of hydrogen-bond acceptors (Lipinski definition) is 3. The van der Waals surface area contributed by atoms with Crippen molar-refractivity contribution in [1.82, 2.24) is 4.90 Å². The summed E-state index contributed by atoms with van der Waals surface area (Å²) in [5.74, 6) is -0.409. The highest BCUT2D eigenvalue weighted by Gasteiger charge is 2.29. The van der Waals surface area contributed by atoms with Gasteiger partial charge in [0, 0.05) is 31.0 Å². The Labute approximate surface area is 156 Å². The quantitative estimate of drug-likeness (QED) is 0.770. The zero-order valence-corrected chi connectivity index (χ0v) is 14.8. The summed E-state index contributed by atoms with van der Waals surface area (Å²) >= 11 is 0. The molecule has 1 heterocycles. The van der Waals surface area contributed by atoms with Crippen molar-refractivity contribution in [2.24, 2.45) is 5.92 Å². The lowest BCUT2D eigenvalue weighted by Gasteiger charge is -2.32. The number of alkyl halides is 2. The molecule has 142 valence electrons. The summed E-state index contributed by atoms with van der Waals surface area (Å²) in [6, 6.07) is 15.3. The van der Waals surface area contributed by atoms with Crippen molar-refractivity contribution >= 4 is 11.7 Å². The molecule has 6 heteroatoms. The largest absolute Gasteiger partial charge is 0.435 e. The molecule has 0 aliphatic carbocycles. The van der Waals surface area contributed by atoms with Gasteiger partial charge in [-0.3, -0.25) is 9.59 Å². The van der Waals surface area contributed by atoms with Gasteiger partial charge in [-0.1, -0.05) is 36.4 Å². The molecule has 0 aromatic heterocycles. The monoisotopic (exact) mass is 373 g/mol. The minimum Gasteiger partial charge on any atom is -0.435 e.